The summed E-state index contributed by atoms with van der Waals surface area (Å²) in [6.45, 7) is 10.4. The summed E-state index contributed by atoms with van der Waals surface area (Å²) in [6, 6.07) is 8.92. The average molecular weight is 297 g/mol. The summed E-state index contributed by atoms with van der Waals surface area (Å²) in [5.41, 5.74) is 1.26. The molecule has 1 N–H and O–H groups in total. The van der Waals surface area contributed by atoms with Gasteiger partial charge in [0.2, 0.25) is 0 Å². The standard InChI is InChI=1S/C16H25ClN2O/c1-12(2)19-8-9-20-16(11-19)10-18-13(3)14-4-6-15(17)7-5-14/h4-7,12-13,16,18H,8-11H2,1-3H3/t13-,16?/m0/s1. The van der Waals surface area contributed by atoms with E-state index in [1.165, 1.54) is 5.56 Å². The molecule has 1 unspecified atom stereocenters. The number of morpholine rings is 1. The van der Waals surface area contributed by atoms with Crippen molar-refractivity contribution in [3.05, 3.63) is 34.9 Å². The van der Waals surface area contributed by atoms with Gasteiger partial charge in [-0.25, -0.2) is 0 Å². The Morgan fingerprint density at radius 3 is 2.65 bits per heavy atom. The third kappa shape index (κ3) is 4.45. The molecule has 1 aromatic rings. The van der Waals surface area contributed by atoms with E-state index in [0.717, 1.165) is 31.3 Å². The van der Waals surface area contributed by atoms with Crippen LogP contribution in [0.3, 0.4) is 0 Å². The molecule has 1 heterocycles. The highest BCUT2D eigenvalue weighted by molar-refractivity contribution is 6.30. The van der Waals surface area contributed by atoms with Gasteiger partial charge in [-0.1, -0.05) is 23.7 Å². The Bertz CT molecular complexity index is 407. The Kier molecular flexibility index (Phi) is 5.85. The Morgan fingerprint density at radius 1 is 1.30 bits per heavy atom. The van der Waals surface area contributed by atoms with Gasteiger partial charge < -0.3 is 10.1 Å². The molecule has 0 bridgehead atoms. The van der Waals surface area contributed by atoms with Gasteiger partial charge in [-0.05, 0) is 38.5 Å². The quantitative estimate of drug-likeness (QED) is 0.903. The number of hydrogen-bond donors (Lipinski definition) is 1. The van der Waals surface area contributed by atoms with Crippen LogP contribution < -0.4 is 5.32 Å². The van der Waals surface area contributed by atoms with Crippen molar-refractivity contribution in [1.82, 2.24) is 10.2 Å². The zero-order valence-corrected chi connectivity index (χ0v) is 13.4. The van der Waals surface area contributed by atoms with Crippen molar-refractivity contribution in [3.8, 4) is 0 Å². The number of hydrogen-bond acceptors (Lipinski definition) is 3. The van der Waals surface area contributed by atoms with Crippen LogP contribution in [-0.4, -0.2) is 43.3 Å². The molecule has 20 heavy (non-hydrogen) atoms. The van der Waals surface area contributed by atoms with Gasteiger partial charge in [0.05, 0.1) is 12.7 Å². The molecule has 1 aliphatic rings. The van der Waals surface area contributed by atoms with Crippen molar-refractivity contribution in [3.63, 3.8) is 0 Å². The third-order valence-electron chi connectivity index (χ3n) is 3.92. The summed E-state index contributed by atoms with van der Waals surface area (Å²) in [4.78, 5) is 2.48. The number of nitrogens with zero attached hydrogens (tertiary/aromatic N) is 1. The summed E-state index contributed by atoms with van der Waals surface area (Å²) in [5.74, 6) is 0. The van der Waals surface area contributed by atoms with Crippen molar-refractivity contribution in [2.75, 3.05) is 26.2 Å². The Labute approximate surface area is 127 Å². The number of nitrogens with one attached hydrogen (secondary N) is 1. The molecule has 1 fully saturated rings. The van der Waals surface area contributed by atoms with Crippen LogP contribution in [0.4, 0.5) is 0 Å². The van der Waals surface area contributed by atoms with E-state index in [0.29, 0.717) is 12.1 Å². The molecule has 3 nitrogen and oxygen atoms in total. The van der Waals surface area contributed by atoms with Crippen molar-refractivity contribution < 1.29 is 4.74 Å². The largest absolute Gasteiger partial charge is 0.374 e. The van der Waals surface area contributed by atoms with Crippen LogP contribution in [-0.2, 0) is 4.74 Å². The maximum atomic E-state index is 5.91. The molecular formula is C16H25ClN2O. The van der Waals surface area contributed by atoms with Gasteiger partial charge in [0, 0.05) is 36.7 Å². The van der Waals surface area contributed by atoms with E-state index >= 15 is 0 Å². The van der Waals surface area contributed by atoms with E-state index in [9.17, 15) is 0 Å². The Morgan fingerprint density at radius 2 is 2.00 bits per heavy atom. The van der Waals surface area contributed by atoms with Crippen LogP contribution in [0.5, 0.6) is 0 Å². The van der Waals surface area contributed by atoms with Crippen LogP contribution in [0.2, 0.25) is 5.02 Å². The molecule has 1 saturated heterocycles. The monoisotopic (exact) mass is 296 g/mol. The molecule has 2 rings (SSSR count). The molecule has 0 saturated carbocycles. The van der Waals surface area contributed by atoms with Gasteiger partial charge in [-0.3, -0.25) is 4.90 Å². The van der Waals surface area contributed by atoms with Crippen LogP contribution in [0.25, 0.3) is 0 Å². The SMILES string of the molecule is CC(C)N1CCOC(CN[C@@H](C)c2ccc(Cl)cc2)C1. The number of rotatable bonds is 5. The molecule has 4 heteroatoms. The summed E-state index contributed by atoms with van der Waals surface area (Å²) in [7, 11) is 0. The summed E-state index contributed by atoms with van der Waals surface area (Å²) in [6.07, 6.45) is 0.279. The minimum Gasteiger partial charge on any atom is -0.374 e. The van der Waals surface area contributed by atoms with Crippen LogP contribution >= 0.6 is 11.6 Å². The number of benzene rings is 1. The van der Waals surface area contributed by atoms with Crippen molar-refractivity contribution in [2.24, 2.45) is 0 Å². The van der Waals surface area contributed by atoms with Gasteiger partial charge in [0.1, 0.15) is 0 Å². The third-order valence-corrected chi connectivity index (χ3v) is 4.17. The molecular weight excluding hydrogens is 272 g/mol. The first-order valence-electron chi connectivity index (χ1n) is 7.40. The fourth-order valence-electron chi connectivity index (χ4n) is 2.51. The molecule has 1 aliphatic heterocycles. The van der Waals surface area contributed by atoms with E-state index in [1.807, 2.05) is 12.1 Å². The van der Waals surface area contributed by atoms with Gasteiger partial charge >= 0.3 is 0 Å². The van der Waals surface area contributed by atoms with E-state index in [2.05, 4.69) is 43.1 Å². The second-order valence-electron chi connectivity index (χ2n) is 5.76. The maximum Gasteiger partial charge on any atom is 0.0827 e. The van der Waals surface area contributed by atoms with Gasteiger partial charge in [0.15, 0.2) is 0 Å². The fraction of sp³-hybridized carbons (Fsp3) is 0.625. The zero-order chi connectivity index (χ0) is 14.5. The van der Waals surface area contributed by atoms with E-state index in [4.69, 9.17) is 16.3 Å². The first-order chi connectivity index (χ1) is 9.56. The maximum absolute atomic E-state index is 5.91. The van der Waals surface area contributed by atoms with E-state index < -0.39 is 0 Å². The first kappa shape index (κ1) is 15.8. The lowest BCUT2D eigenvalue weighted by Crippen LogP contribution is -2.49. The van der Waals surface area contributed by atoms with Crippen molar-refractivity contribution >= 4 is 11.6 Å². The molecule has 0 radical (unpaired) electrons. The molecule has 0 aromatic heterocycles. The molecule has 0 aliphatic carbocycles. The average Bonchev–Trinajstić information content (AvgIpc) is 2.46. The fourth-order valence-corrected chi connectivity index (χ4v) is 2.64. The van der Waals surface area contributed by atoms with Crippen molar-refractivity contribution in [2.45, 2.75) is 39.0 Å². The Balaban J connectivity index is 1.81. The summed E-state index contributed by atoms with van der Waals surface area (Å²) >= 11 is 5.91. The minimum atomic E-state index is 0.279. The summed E-state index contributed by atoms with van der Waals surface area (Å²) in [5, 5.41) is 4.33. The lowest BCUT2D eigenvalue weighted by atomic mass is 10.1. The van der Waals surface area contributed by atoms with Gasteiger partial charge in [-0.15, -0.1) is 0 Å². The summed E-state index contributed by atoms with van der Waals surface area (Å²) < 4.78 is 5.84. The predicted molar refractivity (Wildman–Crippen MR) is 84.3 cm³/mol. The highest BCUT2D eigenvalue weighted by Gasteiger charge is 2.22. The first-order valence-corrected chi connectivity index (χ1v) is 7.78. The number of ether oxygens (including phenoxy) is 1. The minimum absolute atomic E-state index is 0.279. The lowest BCUT2D eigenvalue weighted by molar-refractivity contribution is -0.0379. The number of halogens is 1. The van der Waals surface area contributed by atoms with Crippen LogP contribution in [0, 0.1) is 0 Å². The van der Waals surface area contributed by atoms with E-state index in [-0.39, 0.29) is 6.10 Å². The highest BCUT2D eigenvalue weighted by Crippen LogP contribution is 2.16. The highest BCUT2D eigenvalue weighted by atomic mass is 35.5. The lowest BCUT2D eigenvalue weighted by Gasteiger charge is -2.36. The second kappa shape index (κ2) is 7.41. The molecule has 0 spiro atoms. The Hall–Kier alpha value is -0.610. The van der Waals surface area contributed by atoms with Crippen LogP contribution in [0.15, 0.2) is 24.3 Å². The zero-order valence-electron chi connectivity index (χ0n) is 12.6. The van der Waals surface area contributed by atoms with Crippen LogP contribution in [0.1, 0.15) is 32.4 Å². The second-order valence-corrected chi connectivity index (χ2v) is 6.20. The predicted octanol–water partition coefficient (Wildman–Crippen LogP) is 3.10. The van der Waals surface area contributed by atoms with Gasteiger partial charge in [-0.2, -0.15) is 0 Å². The topological polar surface area (TPSA) is 24.5 Å². The van der Waals surface area contributed by atoms with Crippen molar-refractivity contribution in [1.29, 1.82) is 0 Å². The molecule has 1 aromatic carbocycles. The van der Waals surface area contributed by atoms with Gasteiger partial charge in [0.25, 0.3) is 0 Å². The van der Waals surface area contributed by atoms with E-state index in [1.54, 1.807) is 0 Å². The molecule has 0 amide bonds. The smallest absolute Gasteiger partial charge is 0.0827 e. The molecule has 2 atom stereocenters. The molecule has 112 valence electrons. The normalized spacial score (nSPS) is 22.1.